The number of ether oxygens (including phenoxy) is 1. The molecule has 5 heteroatoms. The average molecular weight is 350 g/mol. The molecule has 1 atom stereocenters. The minimum absolute atomic E-state index is 0.122. The molecule has 26 heavy (non-hydrogen) atoms. The molecule has 0 spiro atoms. The summed E-state index contributed by atoms with van der Waals surface area (Å²) in [4.78, 5) is 18.8. The maximum Gasteiger partial charge on any atom is 0.267 e. The largest absolute Gasteiger partial charge is 0.480 e. The van der Waals surface area contributed by atoms with Gasteiger partial charge < -0.3 is 9.64 Å². The zero-order valence-corrected chi connectivity index (χ0v) is 14.5. The normalized spacial score (nSPS) is 14.8. The summed E-state index contributed by atoms with van der Waals surface area (Å²) in [7, 11) is 0. The second-order valence-corrected chi connectivity index (χ2v) is 6.48. The van der Waals surface area contributed by atoms with Gasteiger partial charge in [0.05, 0.1) is 0 Å². The van der Waals surface area contributed by atoms with E-state index in [1.807, 2.05) is 24.3 Å². The molecule has 4 nitrogen and oxygen atoms in total. The van der Waals surface area contributed by atoms with Crippen molar-refractivity contribution < 1.29 is 13.9 Å². The maximum absolute atomic E-state index is 13.5. The molecule has 1 aliphatic rings. The van der Waals surface area contributed by atoms with Crippen LogP contribution in [0, 0.1) is 5.82 Å². The molecule has 1 amide bonds. The summed E-state index contributed by atoms with van der Waals surface area (Å²) in [6.45, 7) is 2.37. The van der Waals surface area contributed by atoms with Crippen molar-refractivity contribution >= 4 is 22.4 Å². The van der Waals surface area contributed by atoms with Crippen LogP contribution in [-0.4, -0.2) is 23.5 Å². The van der Waals surface area contributed by atoms with E-state index in [0.717, 1.165) is 34.9 Å². The highest BCUT2D eigenvalue weighted by Crippen LogP contribution is 2.30. The van der Waals surface area contributed by atoms with Gasteiger partial charge in [-0.1, -0.05) is 12.1 Å². The predicted octanol–water partition coefficient (Wildman–Crippen LogP) is 4.12. The first-order valence-electron chi connectivity index (χ1n) is 8.73. The van der Waals surface area contributed by atoms with Gasteiger partial charge in [-0.15, -0.1) is 0 Å². The summed E-state index contributed by atoms with van der Waals surface area (Å²) in [6, 6.07) is 12.2. The third kappa shape index (κ3) is 3.01. The van der Waals surface area contributed by atoms with E-state index >= 15 is 0 Å². The minimum atomic E-state index is -0.648. The van der Waals surface area contributed by atoms with Crippen LogP contribution in [0.1, 0.15) is 18.9 Å². The number of hydrogen-bond donors (Lipinski definition) is 0. The Morgan fingerprint density at radius 2 is 2.15 bits per heavy atom. The molecule has 2 aromatic carbocycles. The predicted molar refractivity (Wildman–Crippen MR) is 98.9 cm³/mol. The van der Waals surface area contributed by atoms with Gasteiger partial charge in [-0.25, -0.2) is 4.39 Å². The van der Waals surface area contributed by atoms with Crippen molar-refractivity contribution in [1.29, 1.82) is 0 Å². The first kappa shape index (κ1) is 16.5. The highest BCUT2D eigenvalue weighted by molar-refractivity contribution is 5.98. The smallest absolute Gasteiger partial charge is 0.267 e. The first-order valence-corrected chi connectivity index (χ1v) is 8.73. The van der Waals surface area contributed by atoms with Gasteiger partial charge in [-0.2, -0.15) is 0 Å². The Labute approximate surface area is 151 Å². The fraction of sp³-hybridized carbons (Fsp3) is 0.238. The SMILES string of the molecule is CC(Oc1cccc2cnccc12)C(=O)N1CCCc2cc(F)ccc21. The van der Waals surface area contributed by atoms with E-state index < -0.39 is 6.10 Å². The van der Waals surface area contributed by atoms with Crippen molar-refractivity contribution in [2.75, 3.05) is 11.4 Å². The lowest BCUT2D eigenvalue weighted by Gasteiger charge is -2.31. The first-order chi connectivity index (χ1) is 12.6. The fourth-order valence-electron chi connectivity index (χ4n) is 3.45. The topological polar surface area (TPSA) is 42.4 Å². The highest BCUT2D eigenvalue weighted by atomic mass is 19.1. The standard InChI is InChI=1S/C21H19FN2O2/c1-14(26-20-6-2-4-16-13-23-10-9-18(16)20)21(25)24-11-3-5-15-12-17(22)7-8-19(15)24/h2,4,6-10,12-14H,3,5,11H2,1H3. The summed E-state index contributed by atoms with van der Waals surface area (Å²) >= 11 is 0. The van der Waals surface area contributed by atoms with Crippen LogP contribution in [0.3, 0.4) is 0 Å². The van der Waals surface area contributed by atoms with Crippen LogP contribution in [0.15, 0.2) is 54.9 Å². The molecule has 1 aromatic heterocycles. The molecule has 0 N–H and O–H groups in total. The summed E-state index contributed by atoms with van der Waals surface area (Å²) in [6.07, 6.45) is 4.42. The Morgan fingerprint density at radius 1 is 1.27 bits per heavy atom. The number of carbonyl (C=O) groups is 1. The number of anilines is 1. The van der Waals surface area contributed by atoms with E-state index in [4.69, 9.17) is 4.74 Å². The fourth-order valence-corrected chi connectivity index (χ4v) is 3.45. The molecule has 0 radical (unpaired) electrons. The van der Waals surface area contributed by atoms with Crippen LogP contribution in [0.2, 0.25) is 0 Å². The van der Waals surface area contributed by atoms with Crippen LogP contribution < -0.4 is 9.64 Å². The molecular weight excluding hydrogens is 331 g/mol. The molecule has 0 fully saturated rings. The molecule has 0 saturated carbocycles. The Kier molecular flexibility index (Phi) is 4.29. The van der Waals surface area contributed by atoms with Gasteiger partial charge in [0.2, 0.25) is 0 Å². The summed E-state index contributed by atoms with van der Waals surface area (Å²) in [5, 5.41) is 1.88. The van der Waals surface area contributed by atoms with E-state index in [9.17, 15) is 9.18 Å². The Morgan fingerprint density at radius 3 is 3.04 bits per heavy atom. The molecule has 1 aliphatic heterocycles. The lowest BCUT2D eigenvalue weighted by atomic mass is 10.0. The Hall–Kier alpha value is -2.95. The van der Waals surface area contributed by atoms with Crippen molar-refractivity contribution in [3.05, 3.63) is 66.2 Å². The molecule has 0 bridgehead atoms. The molecule has 132 valence electrons. The van der Waals surface area contributed by atoms with Gasteiger partial charge >= 0.3 is 0 Å². The minimum Gasteiger partial charge on any atom is -0.480 e. The molecule has 0 saturated heterocycles. The van der Waals surface area contributed by atoms with Gasteiger partial charge in [-0.3, -0.25) is 9.78 Å². The van der Waals surface area contributed by atoms with Crippen molar-refractivity contribution in [2.45, 2.75) is 25.9 Å². The van der Waals surface area contributed by atoms with Crippen LogP contribution in [0.5, 0.6) is 5.75 Å². The summed E-state index contributed by atoms with van der Waals surface area (Å²) < 4.78 is 19.5. The van der Waals surface area contributed by atoms with Crippen molar-refractivity contribution in [3.63, 3.8) is 0 Å². The number of amides is 1. The van der Waals surface area contributed by atoms with E-state index in [-0.39, 0.29) is 11.7 Å². The van der Waals surface area contributed by atoms with Gasteiger partial charge in [0.25, 0.3) is 5.91 Å². The van der Waals surface area contributed by atoms with E-state index in [0.29, 0.717) is 12.3 Å². The average Bonchev–Trinajstić information content (AvgIpc) is 2.67. The third-order valence-corrected chi connectivity index (χ3v) is 4.72. The molecular formula is C21H19FN2O2. The number of aryl methyl sites for hydroxylation is 1. The number of nitrogens with zero attached hydrogens (tertiary/aromatic N) is 2. The Bertz CT molecular complexity index is 968. The highest BCUT2D eigenvalue weighted by Gasteiger charge is 2.28. The number of hydrogen-bond acceptors (Lipinski definition) is 3. The van der Waals surface area contributed by atoms with Crippen LogP contribution in [0.4, 0.5) is 10.1 Å². The number of halogens is 1. The second-order valence-electron chi connectivity index (χ2n) is 6.48. The van der Waals surface area contributed by atoms with Gasteiger partial charge in [-0.05, 0) is 55.7 Å². The van der Waals surface area contributed by atoms with E-state index in [1.54, 1.807) is 30.3 Å². The van der Waals surface area contributed by atoms with Crippen molar-refractivity contribution in [2.24, 2.45) is 0 Å². The van der Waals surface area contributed by atoms with E-state index in [1.165, 1.54) is 12.1 Å². The molecule has 3 aromatic rings. The summed E-state index contributed by atoms with van der Waals surface area (Å²) in [5.41, 5.74) is 1.65. The van der Waals surface area contributed by atoms with Crippen LogP contribution in [0.25, 0.3) is 10.8 Å². The van der Waals surface area contributed by atoms with Crippen LogP contribution >= 0.6 is 0 Å². The van der Waals surface area contributed by atoms with E-state index in [2.05, 4.69) is 4.98 Å². The number of carbonyl (C=O) groups excluding carboxylic acids is 1. The number of benzene rings is 2. The van der Waals surface area contributed by atoms with Gasteiger partial charge in [0.1, 0.15) is 11.6 Å². The monoisotopic (exact) mass is 350 g/mol. The number of pyridine rings is 1. The number of aromatic nitrogens is 1. The molecule has 0 aliphatic carbocycles. The number of fused-ring (bicyclic) bond motifs is 2. The van der Waals surface area contributed by atoms with Gasteiger partial charge in [0.15, 0.2) is 6.10 Å². The molecule has 2 heterocycles. The zero-order valence-electron chi connectivity index (χ0n) is 14.5. The van der Waals surface area contributed by atoms with Crippen molar-refractivity contribution in [3.8, 4) is 5.75 Å². The van der Waals surface area contributed by atoms with Gasteiger partial charge in [0, 0.05) is 35.4 Å². The number of rotatable bonds is 3. The maximum atomic E-state index is 13.5. The quantitative estimate of drug-likeness (QED) is 0.714. The van der Waals surface area contributed by atoms with Crippen LogP contribution in [-0.2, 0) is 11.2 Å². The molecule has 1 unspecified atom stereocenters. The third-order valence-electron chi connectivity index (χ3n) is 4.72. The Balaban J connectivity index is 1.59. The second kappa shape index (κ2) is 6.75. The van der Waals surface area contributed by atoms with Crippen molar-refractivity contribution in [1.82, 2.24) is 4.98 Å². The lowest BCUT2D eigenvalue weighted by Crippen LogP contribution is -2.43. The zero-order chi connectivity index (χ0) is 18.1. The summed E-state index contributed by atoms with van der Waals surface area (Å²) in [5.74, 6) is 0.261. The molecule has 4 rings (SSSR count). The lowest BCUT2D eigenvalue weighted by molar-refractivity contribution is -0.124.